The smallest absolute Gasteiger partial charge is 0.409 e. The fraction of sp³-hybridized carbons (Fsp3) is 0.696. The first-order chi connectivity index (χ1) is 13.5. The lowest BCUT2D eigenvalue weighted by atomic mass is 9.82. The van der Waals surface area contributed by atoms with Crippen molar-refractivity contribution in [1.82, 2.24) is 9.80 Å². The molecule has 1 aliphatic rings. The topological polar surface area (TPSA) is 42.0 Å². The van der Waals surface area contributed by atoms with Gasteiger partial charge in [-0.05, 0) is 62.3 Å². The number of nitrogens with zero attached hydrogens (tertiary/aromatic N) is 2. The third-order valence-corrected chi connectivity index (χ3v) is 5.81. The van der Waals surface area contributed by atoms with Gasteiger partial charge in [-0.15, -0.1) is 12.4 Å². The zero-order chi connectivity index (χ0) is 20.4. The SMILES string of the molecule is CCOC(=O)N1CCN(CCCCCOc2ccc(C(C)(C)CC)cc2)CC1.Cl. The molecule has 0 radical (unpaired) electrons. The fourth-order valence-corrected chi connectivity index (χ4v) is 3.38. The van der Waals surface area contributed by atoms with Crippen LogP contribution in [0, 0.1) is 0 Å². The number of hydrogen-bond acceptors (Lipinski definition) is 4. The summed E-state index contributed by atoms with van der Waals surface area (Å²) >= 11 is 0. The van der Waals surface area contributed by atoms with Gasteiger partial charge >= 0.3 is 6.09 Å². The number of carbonyl (C=O) groups is 1. The summed E-state index contributed by atoms with van der Waals surface area (Å²) in [7, 11) is 0. The largest absolute Gasteiger partial charge is 0.494 e. The lowest BCUT2D eigenvalue weighted by molar-refractivity contribution is 0.0791. The molecule has 0 bridgehead atoms. The normalized spacial score (nSPS) is 15.0. The second-order valence-corrected chi connectivity index (χ2v) is 8.20. The Morgan fingerprint density at radius 1 is 1.00 bits per heavy atom. The summed E-state index contributed by atoms with van der Waals surface area (Å²) in [4.78, 5) is 15.9. The van der Waals surface area contributed by atoms with Crippen molar-refractivity contribution in [3.05, 3.63) is 29.8 Å². The quantitative estimate of drug-likeness (QED) is 0.487. The lowest BCUT2D eigenvalue weighted by Crippen LogP contribution is -2.49. The van der Waals surface area contributed by atoms with Crippen LogP contribution in [-0.2, 0) is 10.2 Å². The molecule has 0 N–H and O–H groups in total. The average Bonchev–Trinajstić information content (AvgIpc) is 2.71. The highest BCUT2D eigenvalue weighted by atomic mass is 35.5. The van der Waals surface area contributed by atoms with E-state index in [-0.39, 0.29) is 23.9 Å². The van der Waals surface area contributed by atoms with Gasteiger partial charge in [-0.25, -0.2) is 4.79 Å². The number of ether oxygens (including phenoxy) is 2. The van der Waals surface area contributed by atoms with E-state index in [0.29, 0.717) is 6.61 Å². The van der Waals surface area contributed by atoms with Crippen molar-refractivity contribution in [2.45, 2.75) is 58.8 Å². The Labute approximate surface area is 183 Å². The van der Waals surface area contributed by atoms with Crippen LogP contribution >= 0.6 is 12.4 Å². The molecule has 1 saturated heterocycles. The van der Waals surface area contributed by atoms with Gasteiger partial charge in [0, 0.05) is 26.2 Å². The number of hydrogen-bond donors (Lipinski definition) is 0. The summed E-state index contributed by atoms with van der Waals surface area (Å²) in [6.07, 6.45) is 4.37. The summed E-state index contributed by atoms with van der Waals surface area (Å²) in [5, 5.41) is 0. The minimum absolute atomic E-state index is 0. The fourth-order valence-electron chi connectivity index (χ4n) is 3.38. The average molecular weight is 427 g/mol. The van der Waals surface area contributed by atoms with Crippen molar-refractivity contribution in [1.29, 1.82) is 0 Å². The van der Waals surface area contributed by atoms with Crippen LogP contribution in [-0.4, -0.2) is 61.8 Å². The van der Waals surface area contributed by atoms with E-state index in [0.717, 1.165) is 57.9 Å². The number of amides is 1. The van der Waals surface area contributed by atoms with Gasteiger partial charge in [0.15, 0.2) is 0 Å². The zero-order valence-electron chi connectivity index (χ0n) is 18.6. The van der Waals surface area contributed by atoms with E-state index in [2.05, 4.69) is 49.9 Å². The molecule has 0 spiro atoms. The van der Waals surface area contributed by atoms with E-state index >= 15 is 0 Å². The second kappa shape index (κ2) is 13.0. The van der Waals surface area contributed by atoms with Crippen molar-refractivity contribution in [2.24, 2.45) is 0 Å². The Balaban J connectivity index is 0.00000420. The second-order valence-electron chi connectivity index (χ2n) is 8.20. The molecule has 0 saturated carbocycles. The number of unbranched alkanes of at least 4 members (excludes halogenated alkanes) is 2. The molecule has 0 aliphatic carbocycles. The molecule has 0 atom stereocenters. The molecule has 6 heteroatoms. The zero-order valence-corrected chi connectivity index (χ0v) is 19.4. The van der Waals surface area contributed by atoms with Gasteiger partial charge in [0.25, 0.3) is 0 Å². The van der Waals surface area contributed by atoms with Crippen LogP contribution in [0.3, 0.4) is 0 Å². The van der Waals surface area contributed by atoms with Crippen LogP contribution in [0.25, 0.3) is 0 Å². The monoisotopic (exact) mass is 426 g/mol. The van der Waals surface area contributed by atoms with E-state index in [1.165, 1.54) is 18.4 Å². The van der Waals surface area contributed by atoms with E-state index in [4.69, 9.17) is 9.47 Å². The highest BCUT2D eigenvalue weighted by Gasteiger charge is 2.21. The van der Waals surface area contributed by atoms with Gasteiger partial charge in [-0.1, -0.05) is 32.9 Å². The highest BCUT2D eigenvalue weighted by Crippen LogP contribution is 2.28. The van der Waals surface area contributed by atoms with Gasteiger partial charge in [0.2, 0.25) is 0 Å². The van der Waals surface area contributed by atoms with Crippen LogP contribution in [0.15, 0.2) is 24.3 Å². The molecule has 1 heterocycles. The molecule has 1 aromatic carbocycles. The van der Waals surface area contributed by atoms with Crippen LogP contribution in [0.5, 0.6) is 5.75 Å². The maximum atomic E-state index is 11.7. The molecule has 2 rings (SSSR count). The standard InChI is InChI=1S/C23H38N2O3.ClH/c1-5-23(3,4)20-10-12-21(13-11-20)28-19-9-7-8-14-24-15-17-25(18-16-24)22(26)27-6-2;/h10-13H,5-9,14-19H2,1-4H3;1H. The predicted molar refractivity (Wildman–Crippen MR) is 121 cm³/mol. The molecule has 1 fully saturated rings. The first-order valence-corrected chi connectivity index (χ1v) is 10.8. The Morgan fingerprint density at radius 3 is 2.24 bits per heavy atom. The molecular formula is C23H39ClN2O3. The van der Waals surface area contributed by atoms with Crippen LogP contribution < -0.4 is 4.74 Å². The molecule has 1 aliphatic heterocycles. The van der Waals surface area contributed by atoms with Gasteiger partial charge in [0.1, 0.15) is 5.75 Å². The number of halogens is 1. The summed E-state index contributed by atoms with van der Waals surface area (Å²) in [6, 6.07) is 8.56. The molecule has 1 amide bonds. The Hall–Kier alpha value is -1.46. The van der Waals surface area contributed by atoms with E-state index in [1.807, 2.05) is 6.92 Å². The Kier molecular flexibility index (Phi) is 11.4. The summed E-state index contributed by atoms with van der Waals surface area (Å²) in [6.45, 7) is 14.4. The third-order valence-electron chi connectivity index (χ3n) is 5.81. The molecular weight excluding hydrogens is 388 g/mol. The molecule has 1 aromatic rings. The number of piperazine rings is 1. The van der Waals surface area contributed by atoms with E-state index in [9.17, 15) is 4.79 Å². The Morgan fingerprint density at radius 2 is 1.66 bits per heavy atom. The maximum absolute atomic E-state index is 11.7. The van der Waals surface area contributed by atoms with Crippen molar-refractivity contribution in [2.75, 3.05) is 45.9 Å². The maximum Gasteiger partial charge on any atom is 0.409 e. The molecule has 29 heavy (non-hydrogen) atoms. The van der Waals surface area contributed by atoms with E-state index < -0.39 is 0 Å². The minimum Gasteiger partial charge on any atom is -0.494 e. The van der Waals surface area contributed by atoms with Gasteiger partial charge in [-0.3, -0.25) is 4.90 Å². The number of carbonyl (C=O) groups excluding carboxylic acids is 1. The summed E-state index contributed by atoms with van der Waals surface area (Å²) < 4.78 is 11.0. The highest BCUT2D eigenvalue weighted by molar-refractivity contribution is 5.85. The van der Waals surface area contributed by atoms with Gasteiger partial charge in [0.05, 0.1) is 13.2 Å². The first-order valence-electron chi connectivity index (χ1n) is 10.8. The van der Waals surface area contributed by atoms with Gasteiger partial charge in [-0.2, -0.15) is 0 Å². The number of rotatable bonds is 10. The van der Waals surface area contributed by atoms with Crippen LogP contribution in [0.4, 0.5) is 4.79 Å². The molecule has 166 valence electrons. The Bertz CT molecular complexity index is 584. The van der Waals surface area contributed by atoms with Crippen molar-refractivity contribution in [3.63, 3.8) is 0 Å². The molecule has 5 nitrogen and oxygen atoms in total. The first kappa shape index (κ1) is 25.6. The van der Waals surface area contributed by atoms with Crippen molar-refractivity contribution < 1.29 is 14.3 Å². The number of benzene rings is 1. The predicted octanol–water partition coefficient (Wildman–Crippen LogP) is 5.12. The van der Waals surface area contributed by atoms with E-state index in [1.54, 1.807) is 4.90 Å². The summed E-state index contributed by atoms with van der Waals surface area (Å²) in [5.74, 6) is 0.964. The van der Waals surface area contributed by atoms with Crippen LogP contribution in [0.2, 0.25) is 0 Å². The van der Waals surface area contributed by atoms with Crippen molar-refractivity contribution in [3.8, 4) is 5.75 Å². The lowest BCUT2D eigenvalue weighted by Gasteiger charge is -2.34. The molecule has 0 unspecified atom stereocenters. The van der Waals surface area contributed by atoms with Crippen LogP contribution in [0.1, 0.15) is 58.9 Å². The molecule has 0 aromatic heterocycles. The van der Waals surface area contributed by atoms with Crippen molar-refractivity contribution >= 4 is 18.5 Å². The minimum atomic E-state index is -0.175. The summed E-state index contributed by atoms with van der Waals surface area (Å²) in [5.41, 5.74) is 1.59. The third kappa shape index (κ3) is 8.43. The van der Waals surface area contributed by atoms with Gasteiger partial charge < -0.3 is 14.4 Å².